The highest BCUT2D eigenvalue weighted by Crippen LogP contribution is 2.23. The summed E-state index contributed by atoms with van der Waals surface area (Å²) in [5, 5.41) is 1.23. The molecule has 11 heavy (non-hydrogen) atoms. The monoisotopic (exact) mass is 142 g/mol. The number of nitrogens with zero attached hydrogens (tertiary/aromatic N) is 1. The highest BCUT2D eigenvalue weighted by atomic mass is 14.8. The minimum absolute atomic E-state index is 1.09. The molecular weight excluding hydrogens is 136 g/mol. The first kappa shape index (κ1) is 5.13. The van der Waals surface area contributed by atoms with Crippen LogP contribution < -0.4 is 0 Å². The number of hydrogen-bond donors (Lipinski definition) is 1. The molecule has 3 aromatic rings. The van der Waals surface area contributed by atoms with Crippen molar-refractivity contribution in [1.82, 2.24) is 9.97 Å². The smallest absolute Gasteiger partial charge is 0.0957 e. The molecule has 0 radical (unpaired) electrons. The van der Waals surface area contributed by atoms with Gasteiger partial charge in [0, 0.05) is 17.1 Å². The average Bonchev–Trinajstić information content (AvgIpc) is 2.31. The summed E-state index contributed by atoms with van der Waals surface area (Å²) in [6.07, 6.45) is 1.83. The molecule has 2 nitrogen and oxygen atoms in total. The van der Waals surface area contributed by atoms with Crippen molar-refractivity contribution in [1.29, 1.82) is 0 Å². The fourth-order valence-corrected chi connectivity index (χ4v) is 1.53. The molecule has 2 heterocycles. The van der Waals surface area contributed by atoms with Gasteiger partial charge in [-0.3, -0.25) is 4.98 Å². The highest BCUT2D eigenvalue weighted by Gasteiger charge is 2.03. The van der Waals surface area contributed by atoms with Crippen molar-refractivity contribution in [2.45, 2.75) is 0 Å². The summed E-state index contributed by atoms with van der Waals surface area (Å²) in [5.41, 5.74) is 3.39. The van der Waals surface area contributed by atoms with E-state index in [1.54, 1.807) is 0 Å². The van der Waals surface area contributed by atoms with Crippen LogP contribution in [-0.2, 0) is 0 Å². The molecule has 4 bridgehead atoms. The normalized spacial score (nSPS) is 11.6. The fourth-order valence-electron chi connectivity index (χ4n) is 1.53. The number of para-hydroxylation sites is 1. The lowest BCUT2D eigenvalue weighted by Gasteiger charge is -1.88. The zero-order valence-corrected chi connectivity index (χ0v) is 5.83. The number of aromatic nitrogens is 2. The molecule has 0 saturated carbocycles. The van der Waals surface area contributed by atoms with Crippen LogP contribution in [0.4, 0.5) is 0 Å². The van der Waals surface area contributed by atoms with E-state index in [1.165, 1.54) is 10.9 Å². The first-order chi connectivity index (χ1) is 5.45. The first-order valence-corrected chi connectivity index (χ1v) is 3.60. The van der Waals surface area contributed by atoms with Crippen LogP contribution in [-0.4, -0.2) is 9.97 Å². The summed E-state index contributed by atoms with van der Waals surface area (Å²) in [6, 6.07) is 8.17. The first-order valence-electron chi connectivity index (χ1n) is 3.60. The third kappa shape index (κ3) is 0.499. The molecule has 1 aromatic carbocycles. The van der Waals surface area contributed by atoms with Crippen molar-refractivity contribution in [2.75, 3.05) is 0 Å². The average molecular weight is 142 g/mol. The highest BCUT2D eigenvalue weighted by molar-refractivity contribution is 6.05. The Morgan fingerprint density at radius 2 is 2.09 bits per heavy atom. The van der Waals surface area contributed by atoms with Crippen molar-refractivity contribution in [3.8, 4) is 0 Å². The summed E-state index contributed by atoms with van der Waals surface area (Å²) >= 11 is 0. The molecule has 0 amide bonds. The molecule has 0 fully saturated rings. The zero-order chi connectivity index (χ0) is 7.26. The van der Waals surface area contributed by atoms with E-state index >= 15 is 0 Å². The number of H-pyrrole nitrogens is 1. The van der Waals surface area contributed by atoms with Crippen molar-refractivity contribution in [3.05, 3.63) is 30.5 Å². The van der Waals surface area contributed by atoms with Crippen molar-refractivity contribution in [3.63, 3.8) is 0 Å². The summed E-state index contributed by atoms with van der Waals surface area (Å²) in [6.45, 7) is 0. The van der Waals surface area contributed by atoms with Gasteiger partial charge in [-0.2, -0.15) is 0 Å². The Balaban J connectivity index is 2.86. The molecule has 1 N–H and O–H groups in total. The zero-order valence-electron chi connectivity index (χ0n) is 5.83. The van der Waals surface area contributed by atoms with Gasteiger partial charge in [-0.25, -0.2) is 0 Å². The molecule has 0 aliphatic carbocycles. The maximum absolute atomic E-state index is 4.27. The lowest BCUT2D eigenvalue weighted by Crippen LogP contribution is -1.71. The second kappa shape index (κ2) is 1.53. The summed E-state index contributed by atoms with van der Waals surface area (Å²) in [4.78, 5) is 7.55. The number of rotatable bonds is 0. The molecule has 0 saturated heterocycles. The largest absolute Gasteiger partial charge is 0.353 e. The molecule has 3 rings (SSSR count). The minimum atomic E-state index is 1.09. The van der Waals surface area contributed by atoms with Crippen LogP contribution in [0.5, 0.6) is 0 Å². The number of pyridine rings is 1. The molecule has 2 heteroatoms. The number of aromatic amines is 1. The molecule has 0 spiro atoms. The molecule has 2 aromatic heterocycles. The Labute approximate surface area is 63.2 Å². The maximum atomic E-state index is 4.27. The maximum Gasteiger partial charge on any atom is 0.0957 e. The lowest BCUT2D eigenvalue weighted by molar-refractivity contribution is 1.45. The van der Waals surface area contributed by atoms with Crippen molar-refractivity contribution < 1.29 is 0 Å². The molecular formula is C9H6N2. The lowest BCUT2D eigenvalue weighted by atomic mass is 10.2. The summed E-state index contributed by atoms with van der Waals surface area (Å²) < 4.78 is 0. The van der Waals surface area contributed by atoms with Crippen LogP contribution >= 0.6 is 0 Å². The Kier molecular flexibility index (Phi) is 0.714. The standard InChI is InChI=1S/C9H6N2/c1-2-6-7-4-5-10-9(6)8(3-1)11-7/h1-5,11H. The van der Waals surface area contributed by atoms with Crippen LogP contribution in [0.1, 0.15) is 0 Å². The van der Waals surface area contributed by atoms with Gasteiger partial charge in [0.05, 0.1) is 11.0 Å². The SMILES string of the molecule is c1cc2[nH]c3ccnc2c3c1. The van der Waals surface area contributed by atoms with Gasteiger partial charge in [0.15, 0.2) is 0 Å². The summed E-state index contributed by atoms with van der Waals surface area (Å²) in [7, 11) is 0. The molecule has 0 unspecified atom stereocenters. The third-order valence-electron chi connectivity index (χ3n) is 2.04. The Bertz CT molecular complexity index is 450. The number of benzene rings is 1. The Morgan fingerprint density at radius 1 is 1.09 bits per heavy atom. The Morgan fingerprint density at radius 3 is 3.00 bits per heavy atom. The predicted molar refractivity (Wildman–Crippen MR) is 44.8 cm³/mol. The van der Waals surface area contributed by atoms with Gasteiger partial charge in [-0.1, -0.05) is 12.1 Å². The fraction of sp³-hybridized carbons (Fsp3) is 0. The van der Waals surface area contributed by atoms with Gasteiger partial charge in [0.25, 0.3) is 0 Å². The van der Waals surface area contributed by atoms with Crippen molar-refractivity contribution >= 4 is 21.9 Å². The van der Waals surface area contributed by atoms with E-state index in [-0.39, 0.29) is 0 Å². The van der Waals surface area contributed by atoms with E-state index in [2.05, 4.69) is 16.0 Å². The van der Waals surface area contributed by atoms with Crippen LogP contribution in [0.3, 0.4) is 0 Å². The molecule has 0 atom stereocenters. The van der Waals surface area contributed by atoms with Gasteiger partial charge >= 0.3 is 0 Å². The van der Waals surface area contributed by atoms with Gasteiger partial charge in [-0.05, 0) is 12.1 Å². The Hall–Kier alpha value is -1.57. The van der Waals surface area contributed by atoms with Gasteiger partial charge in [-0.15, -0.1) is 0 Å². The van der Waals surface area contributed by atoms with E-state index in [1.807, 2.05) is 24.4 Å². The van der Waals surface area contributed by atoms with E-state index in [0.717, 1.165) is 11.0 Å². The summed E-state index contributed by atoms with van der Waals surface area (Å²) in [5.74, 6) is 0. The quantitative estimate of drug-likeness (QED) is 0.512. The second-order valence-corrected chi connectivity index (χ2v) is 2.69. The number of nitrogens with one attached hydrogen (secondary N) is 1. The van der Waals surface area contributed by atoms with E-state index in [9.17, 15) is 0 Å². The van der Waals surface area contributed by atoms with Gasteiger partial charge in [0.2, 0.25) is 0 Å². The van der Waals surface area contributed by atoms with E-state index in [4.69, 9.17) is 0 Å². The third-order valence-corrected chi connectivity index (χ3v) is 2.04. The topological polar surface area (TPSA) is 28.7 Å². The van der Waals surface area contributed by atoms with Crippen molar-refractivity contribution in [2.24, 2.45) is 0 Å². The number of hydrogen-bond acceptors (Lipinski definition) is 1. The molecule has 0 aliphatic heterocycles. The predicted octanol–water partition coefficient (Wildman–Crippen LogP) is 2.15. The van der Waals surface area contributed by atoms with E-state index in [0.29, 0.717) is 0 Å². The van der Waals surface area contributed by atoms with Crippen LogP contribution in [0.15, 0.2) is 30.5 Å². The molecule has 0 aliphatic rings. The van der Waals surface area contributed by atoms with E-state index < -0.39 is 0 Å². The van der Waals surface area contributed by atoms with Crippen LogP contribution in [0, 0.1) is 0 Å². The second-order valence-electron chi connectivity index (χ2n) is 2.69. The van der Waals surface area contributed by atoms with Gasteiger partial charge in [0.1, 0.15) is 0 Å². The van der Waals surface area contributed by atoms with Gasteiger partial charge < -0.3 is 4.98 Å². The van der Waals surface area contributed by atoms with Crippen LogP contribution in [0.25, 0.3) is 21.9 Å². The minimum Gasteiger partial charge on any atom is -0.353 e. The molecule has 52 valence electrons. The van der Waals surface area contributed by atoms with Crippen LogP contribution in [0.2, 0.25) is 0 Å².